The Hall–Kier alpha value is -1.54. The minimum atomic E-state index is -2.71. The number of aliphatic hydroxyl groups is 2. The van der Waals surface area contributed by atoms with Crippen molar-refractivity contribution in [2.24, 2.45) is 23.7 Å². The van der Waals surface area contributed by atoms with Gasteiger partial charge in [0, 0.05) is 12.5 Å². The molecule has 4 aliphatic rings. The molecule has 6 rings (SSSR count). The second-order valence-corrected chi connectivity index (χ2v) is 17.3. The van der Waals surface area contributed by atoms with E-state index in [0.717, 1.165) is 12.8 Å². The topological polar surface area (TPSA) is 71.5 Å². The van der Waals surface area contributed by atoms with E-state index >= 15 is 0 Å². The second kappa shape index (κ2) is 9.00. The monoisotopic (exact) mass is 522 g/mol. The molecule has 2 N–H and O–H groups in total. The van der Waals surface area contributed by atoms with Crippen LogP contribution in [0.15, 0.2) is 60.7 Å². The third kappa shape index (κ3) is 3.60. The van der Waals surface area contributed by atoms with Crippen molar-refractivity contribution in [1.29, 1.82) is 0 Å². The van der Waals surface area contributed by atoms with Gasteiger partial charge in [-0.15, -0.1) is 0 Å². The summed E-state index contributed by atoms with van der Waals surface area (Å²) in [5, 5.41) is 23.4. The molecule has 0 amide bonds. The van der Waals surface area contributed by atoms with Crippen molar-refractivity contribution in [2.75, 3.05) is 19.8 Å². The maximum atomic E-state index is 10.6. The highest BCUT2D eigenvalue weighted by Gasteiger charge is 2.81. The van der Waals surface area contributed by atoms with E-state index in [1.54, 1.807) is 0 Å². The summed E-state index contributed by atoms with van der Waals surface area (Å²) in [5.41, 5.74) is -1.26. The number of fused-ring (bicyclic) bond motifs is 2. The van der Waals surface area contributed by atoms with E-state index in [9.17, 15) is 10.2 Å². The second-order valence-electron chi connectivity index (χ2n) is 13.0. The molecular weight excluding hydrogens is 480 g/mol. The lowest BCUT2D eigenvalue weighted by Crippen LogP contribution is -2.67. The van der Waals surface area contributed by atoms with Crippen LogP contribution in [0.5, 0.6) is 0 Å². The quantitative estimate of drug-likeness (QED) is 0.430. The lowest BCUT2D eigenvalue weighted by molar-refractivity contribution is -0.104. The number of epoxide rings is 1. The summed E-state index contributed by atoms with van der Waals surface area (Å²) in [6.07, 6.45) is 3.26. The smallest absolute Gasteiger partial charge is 0.261 e. The molecule has 2 saturated carbocycles. The van der Waals surface area contributed by atoms with Crippen molar-refractivity contribution in [3.8, 4) is 0 Å². The fourth-order valence-electron chi connectivity index (χ4n) is 8.76. The molecule has 4 fully saturated rings. The van der Waals surface area contributed by atoms with Crippen molar-refractivity contribution in [3.63, 3.8) is 0 Å². The molecule has 2 saturated heterocycles. The van der Waals surface area contributed by atoms with E-state index in [1.807, 2.05) is 6.92 Å². The third-order valence-electron chi connectivity index (χ3n) is 10.2. The molecule has 0 bridgehead atoms. The van der Waals surface area contributed by atoms with Crippen LogP contribution in [0.1, 0.15) is 47.0 Å². The number of hydrogen-bond acceptors (Lipinski definition) is 5. The molecule has 1 spiro atoms. The Morgan fingerprint density at radius 1 is 0.919 bits per heavy atom. The SMILES string of the molecule is CC(C)(C)[Si](OC[C@@H]1[C@H]2CCC[C@H]2[C@H]2O[C@@]23[C@@H]1[C@](C)(CO)O[C@@H]3CO)(c1ccccc1)c1ccccc1. The Morgan fingerprint density at radius 3 is 2.05 bits per heavy atom. The molecule has 37 heavy (non-hydrogen) atoms. The van der Waals surface area contributed by atoms with Crippen LogP contribution in [0.4, 0.5) is 0 Å². The molecule has 2 aliphatic carbocycles. The van der Waals surface area contributed by atoms with E-state index in [-0.39, 0.29) is 36.2 Å². The average Bonchev–Trinajstić information content (AvgIpc) is 3.33. The summed E-state index contributed by atoms with van der Waals surface area (Å²) >= 11 is 0. The zero-order valence-corrected chi connectivity index (χ0v) is 23.6. The summed E-state index contributed by atoms with van der Waals surface area (Å²) in [7, 11) is -2.71. The highest BCUT2D eigenvalue weighted by molar-refractivity contribution is 6.99. The van der Waals surface area contributed by atoms with Crippen LogP contribution in [0, 0.1) is 23.7 Å². The fourth-order valence-corrected chi connectivity index (χ4v) is 13.4. The van der Waals surface area contributed by atoms with Crippen LogP contribution in [0.2, 0.25) is 5.04 Å². The predicted molar refractivity (Wildman–Crippen MR) is 146 cm³/mol. The van der Waals surface area contributed by atoms with E-state index < -0.39 is 25.6 Å². The van der Waals surface area contributed by atoms with Crippen molar-refractivity contribution >= 4 is 18.7 Å². The van der Waals surface area contributed by atoms with Gasteiger partial charge in [-0.25, -0.2) is 0 Å². The van der Waals surface area contributed by atoms with Crippen LogP contribution >= 0.6 is 0 Å². The normalized spacial score (nSPS) is 38.6. The van der Waals surface area contributed by atoms with E-state index in [0.29, 0.717) is 18.4 Å². The highest BCUT2D eigenvalue weighted by atomic mass is 28.4. The van der Waals surface area contributed by atoms with Gasteiger partial charge in [0.05, 0.1) is 24.9 Å². The summed E-state index contributed by atoms with van der Waals surface area (Å²) in [6.45, 7) is 9.41. The molecule has 2 aromatic carbocycles. The summed E-state index contributed by atoms with van der Waals surface area (Å²) in [4.78, 5) is 0. The molecule has 0 aromatic heterocycles. The standard InChI is InChI=1S/C31H42O5Si/c1-29(2,3)37(21-12-7-5-8-13-21,22-14-9-6-10-15-22)34-19-25-23-16-11-17-24(23)28-31(36-28)26(18-32)35-30(4,20-33)27(25)31/h5-10,12-15,23-28,32-33H,11,16-20H2,1-4H3/t23-,24+,25+,26+,27-,28+,30-,31-/m0/s1. The largest absolute Gasteiger partial charge is 0.407 e. The van der Waals surface area contributed by atoms with Crippen LogP contribution in [-0.2, 0) is 13.9 Å². The van der Waals surface area contributed by atoms with Gasteiger partial charge in [-0.2, -0.15) is 0 Å². The van der Waals surface area contributed by atoms with Crippen LogP contribution in [0.25, 0.3) is 0 Å². The molecule has 6 heteroatoms. The molecule has 0 radical (unpaired) electrons. The summed E-state index contributed by atoms with van der Waals surface area (Å²) in [6, 6.07) is 21.6. The molecule has 200 valence electrons. The lowest BCUT2D eigenvalue weighted by atomic mass is 9.59. The number of ether oxygens (including phenoxy) is 2. The van der Waals surface area contributed by atoms with Gasteiger partial charge in [-0.05, 0) is 52.9 Å². The Kier molecular flexibility index (Phi) is 6.26. The van der Waals surface area contributed by atoms with Gasteiger partial charge >= 0.3 is 0 Å². The number of benzene rings is 2. The Bertz CT molecular complexity index is 1060. The first-order valence-corrected chi connectivity index (χ1v) is 16.0. The maximum Gasteiger partial charge on any atom is 0.261 e. The number of aliphatic hydroxyl groups excluding tert-OH is 2. The van der Waals surface area contributed by atoms with Crippen molar-refractivity contribution < 1.29 is 24.1 Å². The van der Waals surface area contributed by atoms with Crippen LogP contribution in [-0.4, -0.2) is 61.8 Å². The lowest BCUT2D eigenvalue weighted by Gasteiger charge is -2.48. The van der Waals surface area contributed by atoms with Gasteiger partial charge in [0.2, 0.25) is 0 Å². The zero-order valence-electron chi connectivity index (χ0n) is 22.6. The van der Waals surface area contributed by atoms with Gasteiger partial charge in [0.15, 0.2) is 0 Å². The van der Waals surface area contributed by atoms with E-state index in [2.05, 4.69) is 81.4 Å². The van der Waals surface area contributed by atoms with Gasteiger partial charge in [-0.1, -0.05) is 87.9 Å². The molecule has 0 unspecified atom stereocenters. The number of hydrogen-bond donors (Lipinski definition) is 2. The Morgan fingerprint density at radius 2 is 1.51 bits per heavy atom. The van der Waals surface area contributed by atoms with Crippen molar-refractivity contribution in [3.05, 3.63) is 60.7 Å². The molecule has 2 heterocycles. The van der Waals surface area contributed by atoms with Crippen molar-refractivity contribution in [2.45, 2.75) is 75.4 Å². The molecule has 5 nitrogen and oxygen atoms in total. The summed E-state index contributed by atoms with van der Waals surface area (Å²) < 4.78 is 20.5. The van der Waals surface area contributed by atoms with E-state index in [4.69, 9.17) is 13.9 Å². The summed E-state index contributed by atoms with van der Waals surface area (Å²) in [5.74, 6) is 1.14. The van der Waals surface area contributed by atoms with Crippen molar-refractivity contribution in [1.82, 2.24) is 0 Å². The Labute approximate surface area is 222 Å². The average molecular weight is 523 g/mol. The molecule has 2 aliphatic heterocycles. The minimum absolute atomic E-state index is 0.00952. The first kappa shape index (κ1) is 25.7. The first-order chi connectivity index (χ1) is 17.7. The predicted octanol–water partition coefficient (Wildman–Crippen LogP) is 3.51. The highest BCUT2D eigenvalue weighted by Crippen LogP contribution is 2.69. The minimum Gasteiger partial charge on any atom is -0.407 e. The molecule has 2 aromatic rings. The van der Waals surface area contributed by atoms with Gasteiger partial charge in [-0.3, -0.25) is 0 Å². The molecule has 8 atom stereocenters. The van der Waals surface area contributed by atoms with Crippen LogP contribution in [0.3, 0.4) is 0 Å². The third-order valence-corrected chi connectivity index (χ3v) is 15.2. The van der Waals surface area contributed by atoms with Gasteiger partial charge in [0.1, 0.15) is 11.7 Å². The zero-order chi connectivity index (χ0) is 26.1. The first-order valence-electron chi connectivity index (χ1n) is 14.1. The van der Waals surface area contributed by atoms with E-state index in [1.165, 1.54) is 16.8 Å². The van der Waals surface area contributed by atoms with Gasteiger partial charge in [0.25, 0.3) is 8.32 Å². The maximum absolute atomic E-state index is 10.6. The van der Waals surface area contributed by atoms with Gasteiger partial charge < -0.3 is 24.1 Å². The Balaban J connectivity index is 1.44. The fraction of sp³-hybridized carbons (Fsp3) is 0.613. The van der Waals surface area contributed by atoms with Crippen LogP contribution < -0.4 is 10.4 Å². The number of rotatable bonds is 7. The molecular formula is C31H42O5Si.